The standard InChI is InChI=1S/C71H44F15N3/c1-36-17-37(2)19-45(18-36)41-9-15-62-56(28-41)57-30-43(47-21-39(4)23-51(25-47)68(75,76)77)11-16-63(57)89(62)65-32-49(35-87)64(34-58(65)66-40(5)7-6-8-59(66)71(84,85)86)88-60-13-10-42(46-20-38(3)22-50(24-46)67(72,73)74)29-54(60)55-31-44(12-14-61(55)88)48-26-52(69(78,79)80)33-53(27-48)70(81,82)83/h6-34H,1-5H3. The van der Waals surface area contributed by atoms with Crippen LogP contribution in [0.25, 0.3) is 111 Å². The van der Waals surface area contributed by atoms with Crippen LogP contribution in [0.15, 0.2) is 176 Å². The second kappa shape index (κ2) is 21.0. The molecular weight excluding hydrogens is 1180 g/mol. The van der Waals surface area contributed by atoms with E-state index in [1.54, 1.807) is 34.9 Å². The van der Waals surface area contributed by atoms with E-state index in [2.05, 4.69) is 6.07 Å². The van der Waals surface area contributed by atoms with E-state index in [0.717, 1.165) is 52.6 Å². The van der Waals surface area contributed by atoms with Crippen LogP contribution in [0.1, 0.15) is 61.2 Å². The van der Waals surface area contributed by atoms with Crippen LogP contribution in [0.4, 0.5) is 65.9 Å². The Hall–Kier alpha value is -9.76. The second-order valence-corrected chi connectivity index (χ2v) is 22.4. The predicted molar refractivity (Wildman–Crippen MR) is 316 cm³/mol. The maximum Gasteiger partial charge on any atom is 0.417 e. The van der Waals surface area contributed by atoms with Crippen molar-refractivity contribution in [1.82, 2.24) is 9.13 Å². The Labute approximate surface area is 497 Å². The van der Waals surface area contributed by atoms with Gasteiger partial charge in [-0.2, -0.15) is 71.1 Å². The van der Waals surface area contributed by atoms with Crippen LogP contribution in [-0.2, 0) is 30.9 Å². The number of hydrogen-bond acceptors (Lipinski definition) is 1. The lowest BCUT2D eigenvalue weighted by molar-refractivity contribution is -0.143. The smallest absolute Gasteiger partial charge is 0.309 e. The number of alkyl halides is 15. The highest BCUT2D eigenvalue weighted by Gasteiger charge is 2.39. The summed E-state index contributed by atoms with van der Waals surface area (Å²) in [5.74, 6) is 0. The van der Waals surface area contributed by atoms with Crippen LogP contribution in [0, 0.1) is 45.9 Å². The van der Waals surface area contributed by atoms with E-state index in [-0.39, 0.29) is 89.3 Å². The summed E-state index contributed by atoms with van der Waals surface area (Å²) in [5, 5.41) is 12.8. The molecule has 0 spiro atoms. The zero-order valence-electron chi connectivity index (χ0n) is 47.3. The van der Waals surface area contributed by atoms with Crippen LogP contribution in [0.5, 0.6) is 0 Å². The maximum atomic E-state index is 15.8. The first kappa shape index (κ1) is 59.6. The Balaban J connectivity index is 1.19. The fourth-order valence-electron chi connectivity index (χ4n) is 12.3. The lowest BCUT2D eigenvalue weighted by atomic mass is 9.91. The number of fused-ring (bicyclic) bond motifs is 6. The molecule has 0 aliphatic carbocycles. The number of rotatable bonds is 7. The molecule has 0 N–H and O–H groups in total. The van der Waals surface area contributed by atoms with E-state index in [1.165, 1.54) is 92.1 Å². The third-order valence-corrected chi connectivity index (χ3v) is 16.0. The van der Waals surface area contributed by atoms with Gasteiger partial charge in [-0.1, -0.05) is 77.9 Å². The van der Waals surface area contributed by atoms with Crippen LogP contribution >= 0.6 is 0 Å². The van der Waals surface area contributed by atoms with Gasteiger partial charge < -0.3 is 9.13 Å². The molecule has 3 nitrogen and oxygen atoms in total. The number of nitriles is 1. The molecule has 0 amide bonds. The van der Waals surface area contributed by atoms with Gasteiger partial charge in [-0.25, -0.2) is 0 Å². The summed E-state index contributed by atoms with van der Waals surface area (Å²) >= 11 is 0. The normalized spacial score (nSPS) is 12.7. The molecule has 12 rings (SSSR count). The molecule has 0 saturated carbocycles. The van der Waals surface area contributed by atoms with E-state index in [0.29, 0.717) is 45.1 Å². The van der Waals surface area contributed by atoms with Gasteiger partial charge in [0.25, 0.3) is 0 Å². The van der Waals surface area contributed by atoms with Crippen molar-refractivity contribution < 1.29 is 65.9 Å². The molecule has 89 heavy (non-hydrogen) atoms. The number of aryl methyl sites for hydroxylation is 5. The van der Waals surface area contributed by atoms with Crippen molar-refractivity contribution in [3.05, 3.63) is 237 Å². The summed E-state index contributed by atoms with van der Waals surface area (Å²) in [6.07, 6.45) is -24.9. The SMILES string of the molecule is Cc1cc(C)cc(-c2ccc3c(c2)c2cc(-c4cc(C)cc(C(F)(F)F)c4)ccc2n3-c2cc(C#N)c(-n3c4ccc(-c5cc(C)cc(C(F)(F)F)c5)cc4c4cc(-c5cc(C(F)(F)F)cc(C(F)(F)F)c5)ccc43)cc2-c2c(C)cccc2C(F)(F)F)c1. The predicted octanol–water partition coefficient (Wildman–Crippen LogP) is 22.7. The Morgan fingerprint density at radius 2 is 0.652 bits per heavy atom. The topological polar surface area (TPSA) is 33.6 Å². The summed E-state index contributed by atoms with van der Waals surface area (Å²) in [5.41, 5.74) is -1.34. The van der Waals surface area contributed by atoms with Gasteiger partial charge in [-0.05, 0) is 211 Å². The zero-order valence-corrected chi connectivity index (χ0v) is 47.3. The highest BCUT2D eigenvalue weighted by molar-refractivity contribution is 6.14. The number of hydrogen-bond donors (Lipinski definition) is 0. The summed E-state index contributed by atoms with van der Waals surface area (Å²) in [6, 6.07) is 41.3. The fourth-order valence-corrected chi connectivity index (χ4v) is 12.3. The summed E-state index contributed by atoms with van der Waals surface area (Å²) in [4.78, 5) is 0. The molecule has 12 aromatic rings. The molecule has 0 bridgehead atoms. The molecule has 2 aromatic heterocycles. The minimum absolute atomic E-state index is 0.0257. The molecule has 2 heterocycles. The molecule has 0 saturated heterocycles. The first-order valence-electron chi connectivity index (χ1n) is 27.4. The van der Waals surface area contributed by atoms with Crippen molar-refractivity contribution in [3.8, 4) is 73.1 Å². The molecule has 0 atom stereocenters. The Bertz CT molecular complexity index is 4910. The van der Waals surface area contributed by atoms with Crippen molar-refractivity contribution in [2.24, 2.45) is 0 Å². The van der Waals surface area contributed by atoms with Crippen molar-refractivity contribution in [1.29, 1.82) is 5.26 Å². The lowest BCUT2D eigenvalue weighted by Crippen LogP contribution is -2.11. The minimum atomic E-state index is -5.23. The van der Waals surface area contributed by atoms with Gasteiger partial charge in [0.2, 0.25) is 0 Å². The molecule has 0 aliphatic heterocycles. The highest BCUT2D eigenvalue weighted by Crippen LogP contribution is 2.49. The van der Waals surface area contributed by atoms with Gasteiger partial charge >= 0.3 is 30.9 Å². The van der Waals surface area contributed by atoms with Crippen molar-refractivity contribution in [2.45, 2.75) is 65.5 Å². The van der Waals surface area contributed by atoms with Gasteiger partial charge in [0.1, 0.15) is 6.07 Å². The van der Waals surface area contributed by atoms with Crippen molar-refractivity contribution >= 4 is 43.6 Å². The summed E-state index contributed by atoms with van der Waals surface area (Å²) in [6.45, 7) is 8.30. The van der Waals surface area contributed by atoms with Gasteiger partial charge in [0, 0.05) is 27.1 Å². The number of aromatic nitrogens is 2. The Morgan fingerprint density at radius 1 is 0.315 bits per heavy atom. The molecule has 10 aromatic carbocycles. The van der Waals surface area contributed by atoms with Crippen LogP contribution < -0.4 is 0 Å². The molecular formula is C71H44F15N3. The second-order valence-electron chi connectivity index (χ2n) is 22.4. The first-order chi connectivity index (χ1) is 41.7. The van der Waals surface area contributed by atoms with E-state index < -0.39 is 64.3 Å². The molecule has 0 aliphatic rings. The van der Waals surface area contributed by atoms with E-state index in [1.807, 2.05) is 44.2 Å². The average Bonchev–Trinajstić information content (AvgIpc) is 1.61. The first-order valence-corrected chi connectivity index (χ1v) is 27.4. The van der Waals surface area contributed by atoms with Crippen molar-refractivity contribution in [2.75, 3.05) is 0 Å². The van der Waals surface area contributed by atoms with Crippen LogP contribution in [0.2, 0.25) is 0 Å². The maximum absolute atomic E-state index is 15.8. The third kappa shape index (κ3) is 10.9. The van der Waals surface area contributed by atoms with Crippen LogP contribution in [0.3, 0.4) is 0 Å². The fraction of sp³-hybridized carbons (Fsp3) is 0.141. The average molecular weight is 1220 g/mol. The monoisotopic (exact) mass is 1220 g/mol. The number of benzene rings is 10. The van der Waals surface area contributed by atoms with Gasteiger partial charge in [-0.3, -0.25) is 0 Å². The van der Waals surface area contributed by atoms with Crippen molar-refractivity contribution in [3.63, 3.8) is 0 Å². The summed E-state index contributed by atoms with van der Waals surface area (Å²) in [7, 11) is 0. The highest BCUT2D eigenvalue weighted by atomic mass is 19.4. The van der Waals surface area contributed by atoms with E-state index >= 15 is 13.2 Å². The van der Waals surface area contributed by atoms with Crippen LogP contribution in [-0.4, -0.2) is 9.13 Å². The van der Waals surface area contributed by atoms with E-state index in [9.17, 15) is 57.9 Å². The van der Waals surface area contributed by atoms with Gasteiger partial charge in [-0.15, -0.1) is 0 Å². The van der Waals surface area contributed by atoms with Gasteiger partial charge in [0.15, 0.2) is 0 Å². The third-order valence-electron chi connectivity index (χ3n) is 16.0. The molecule has 448 valence electrons. The Morgan fingerprint density at radius 3 is 1.01 bits per heavy atom. The zero-order chi connectivity index (χ0) is 63.8. The van der Waals surface area contributed by atoms with E-state index in [4.69, 9.17) is 0 Å². The quantitative estimate of drug-likeness (QED) is 0.146. The molecule has 0 radical (unpaired) electrons. The lowest BCUT2D eigenvalue weighted by Gasteiger charge is -2.22. The number of halogens is 15. The largest absolute Gasteiger partial charge is 0.417 e. The molecule has 0 fully saturated rings. The minimum Gasteiger partial charge on any atom is -0.309 e. The Kier molecular flexibility index (Phi) is 14.0. The van der Waals surface area contributed by atoms with Gasteiger partial charge in [0.05, 0.1) is 66.8 Å². The molecule has 0 unspecified atom stereocenters. The number of nitrogens with zero attached hydrogens (tertiary/aromatic N) is 3. The molecule has 18 heteroatoms. The summed E-state index contributed by atoms with van der Waals surface area (Å²) < 4.78 is 222.